The molecule has 1 unspecified atom stereocenters. The number of hydrogen-bond donors (Lipinski definition) is 1. The predicted octanol–water partition coefficient (Wildman–Crippen LogP) is 3.18. The van der Waals surface area contributed by atoms with E-state index in [1.165, 1.54) is 17.7 Å². The lowest BCUT2D eigenvalue weighted by molar-refractivity contribution is 0.531. The minimum atomic E-state index is -0.397. The van der Waals surface area contributed by atoms with Crippen LogP contribution in [0.15, 0.2) is 53.5 Å². The van der Waals surface area contributed by atoms with Crippen LogP contribution in [0.1, 0.15) is 18.1 Å². The normalized spacial score (nSPS) is 21.5. The summed E-state index contributed by atoms with van der Waals surface area (Å²) in [6.07, 6.45) is 0. The molecular formula is C17H18FN3. The predicted molar refractivity (Wildman–Crippen MR) is 83.9 cm³/mol. The number of anilines is 1. The number of benzene rings is 2. The highest BCUT2D eigenvalue weighted by Crippen LogP contribution is 2.36. The lowest BCUT2D eigenvalue weighted by Gasteiger charge is -2.36. The van der Waals surface area contributed by atoms with Gasteiger partial charge < -0.3 is 10.6 Å². The van der Waals surface area contributed by atoms with Gasteiger partial charge >= 0.3 is 0 Å². The molecule has 21 heavy (non-hydrogen) atoms. The molecule has 2 aromatic rings. The molecule has 3 nitrogen and oxygen atoms in total. The Morgan fingerprint density at radius 2 is 1.90 bits per heavy atom. The van der Waals surface area contributed by atoms with Crippen LogP contribution in [-0.4, -0.2) is 12.5 Å². The van der Waals surface area contributed by atoms with Gasteiger partial charge in [0.2, 0.25) is 0 Å². The van der Waals surface area contributed by atoms with Gasteiger partial charge in [-0.3, -0.25) is 4.99 Å². The second-order valence-corrected chi connectivity index (χ2v) is 5.63. The van der Waals surface area contributed by atoms with Crippen molar-refractivity contribution in [3.63, 3.8) is 0 Å². The Bertz CT molecular complexity index is 693. The summed E-state index contributed by atoms with van der Waals surface area (Å²) in [6, 6.07) is 14.7. The van der Waals surface area contributed by atoms with E-state index < -0.39 is 5.54 Å². The molecule has 1 atom stereocenters. The van der Waals surface area contributed by atoms with E-state index in [-0.39, 0.29) is 5.82 Å². The van der Waals surface area contributed by atoms with Gasteiger partial charge in [0.25, 0.3) is 0 Å². The quantitative estimate of drug-likeness (QED) is 0.919. The van der Waals surface area contributed by atoms with Gasteiger partial charge in [-0.2, -0.15) is 0 Å². The van der Waals surface area contributed by atoms with Crippen molar-refractivity contribution < 1.29 is 4.39 Å². The van der Waals surface area contributed by atoms with Gasteiger partial charge in [0.05, 0.1) is 12.1 Å². The first-order valence-electron chi connectivity index (χ1n) is 6.93. The average Bonchev–Trinajstić information content (AvgIpc) is 2.76. The number of hydrogen-bond acceptors (Lipinski definition) is 3. The van der Waals surface area contributed by atoms with Crippen molar-refractivity contribution in [2.24, 2.45) is 10.7 Å². The summed E-state index contributed by atoms with van der Waals surface area (Å²) in [5.74, 6) is 0.141. The summed E-state index contributed by atoms with van der Waals surface area (Å²) in [7, 11) is 0. The lowest BCUT2D eigenvalue weighted by Crippen LogP contribution is -2.47. The van der Waals surface area contributed by atoms with Crippen molar-refractivity contribution in [2.45, 2.75) is 19.4 Å². The first-order chi connectivity index (χ1) is 10.0. The second kappa shape index (κ2) is 4.88. The van der Waals surface area contributed by atoms with Crippen molar-refractivity contribution in [2.75, 3.05) is 11.4 Å². The van der Waals surface area contributed by atoms with Crippen LogP contribution in [0.2, 0.25) is 0 Å². The van der Waals surface area contributed by atoms with E-state index in [4.69, 9.17) is 5.73 Å². The van der Waals surface area contributed by atoms with Gasteiger partial charge in [-0.15, -0.1) is 0 Å². The molecule has 0 bridgehead atoms. The fraction of sp³-hybridized carbons (Fsp3) is 0.235. The largest absolute Gasteiger partial charge is 0.369 e. The summed E-state index contributed by atoms with van der Waals surface area (Å²) in [4.78, 5) is 6.28. The Morgan fingerprint density at radius 3 is 2.57 bits per heavy atom. The van der Waals surface area contributed by atoms with E-state index in [9.17, 15) is 4.39 Å². The Balaban J connectivity index is 2.07. The molecule has 0 saturated heterocycles. The molecule has 1 aliphatic rings. The lowest BCUT2D eigenvalue weighted by atomic mass is 9.90. The van der Waals surface area contributed by atoms with Crippen LogP contribution in [-0.2, 0) is 5.54 Å². The summed E-state index contributed by atoms with van der Waals surface area (Å²) in [6.45, 7) is 4.68. The molecule has 0 radical (unpaired) electrons. The van der Waals surface area contributed by atoms with Gasteiger partial charge in [-0.1, -0.05) is 35.9 Å². The molecule has 0 amide bonds. The Hall–Kier alpha value is -2.36. The van der Waals surface area contributed by atoms with Gasteiger partial charge in [0, 0.05) is 5.69 Å². The summed E-state index contributed by atoms with van der Waals surface area (Å²) >= 11 is 0. The number of halogens is 1. The molecule has 0 fully saturated rings. The summed E-state index contributed by atoms with van der Waals surface area (Å²) < 4.78 is 13.5. The number of aliphatic imine (C=N–C) groups is 1. The van der Waals surface area contributed by atoms with E-state index in [1.807, 2.05) is 11.0 Å². The minimum Gasteiger partial charge on any atom is -0.369 e. The molecule has 0 aliphatic carbocycles. The standard InChI is InChI=1S/C17H18FN3/c1-12-6-8-13(9-7-12)17(2)11-20-16(19)21(17)15-5-3-4-14(18)10-15/h3-10H,11H2,1-2H3,(H2,19,20). The molecule has 1 heterocycles. The maximum Gasteiger partial charge on any atom is 0.196 e. The van der Waals surface area contributed by atoms with E-state index in [2.05, 4.69) is 43.1 Å². The monoisotopic (exact) mass is 283 g/mol. The highest BCUT2D eigenvalue weighted by molar-refractivity contribution is 5.98. The topological polar surface area (TPSA) is 41.6 Å². The zero-order valence-corrected chi connectivity index (χ0v) is 12.2. The highest BCUT2D eigenvalue weighted by atomic mass is 19.1. The highest BCUT2D eigenvalue weighted by Gasteiger charge is 2.40. The molecule has 2 N–H and O–H groups in total. The minimum absolute atomic E-state index is 0.279. The SMILES string of the molecule is Cc1ccc(C2(C)CN=C(N)N2c2cccc(F)c2)cc1. The van der Waals surface area contributed by atoms with Crippen molar-refractivity contribution in [1.82, 2.24) is 0 Å². The molecule has 0 aromatic heterocycles. The van der Waals surface area contributed by atoms with Crippen molar-refractivity contribution in [3.8, 4) is 0 Å². The molecule has 2 aromatic carbocycles. The summed E-state index contributed by atoms with van der Waals surface area (Å²) in [5, 5.41) is 0. The third-order valence-electron chi connectivity index (χ3n) is 4.01. The van der Waals surface area contributed by atoms with Crippen molar-refractivity contribution >= 4 is 11.6 Å². The van der Waals surface area contributed by atoms with Gasteiger partial charge in [0.15, 0.2) is 5.96 Å². The fourth-order valence-electron chi connectivity index (χ4n) is 2.79. The van der Waals surface area contributed by atoms with Crippen LogP contribution in [0.25, 0.3) is 0 Å². The zero-order chi connectivity index (χ0) is 15.0. The smallest absolute Gasteiger partial charge is 0.196 e. The fourth-order valence-corrected chi connectivity index (χ4v) is 2.79. The van der Waals surface area contributed by atoms with Gasteiger partial charge in [-0.05, 0) is 37.6 Å². The summed E-state index contributed by atoms with van der Waals surface area (Å²) in [5.41, 5.74) is 8.69. The zero-order valence-electron chi connectivity index (χ0n) is 12.2. The van der Waals surface area contributed by atoms with Crippen molar-refractivity contribution in [1.29, 1.82) is 0 Å². The molecule has 3 rings (SSSR count). The van der Waals surface area contributed by atoms with Gasteiger partial charge in [0.1, 0.15) is 5.82 Å². The Kier molecular flexibility index (Phi) is 3.16. The molecule has 4 heteroatoms. The molecular weight excluding hydrogens is 265 g/mol. The average molecular weight is 283 g/mol. The van der Waals surface area contributed by atoms with Crippen LogP contribution in [0.3, 0.4) is 0 Å². The van der Waals surface area contributed by atoms with E-state index in [1.54, 1.807) is 6.07 Å². The maximum absolute atomic E-state index is 13.5. The Labute approximate surface area is 123 Å². The first-order valence-corrected chi connectivity index (χ1v) is 6.93. The Morgan fingerprint density at radius 1 is 1.19 bits per heavy atom. The van der Waals surface area contributed by atoms with Crippen molar-refractivity contribution in [3.05, 3.63) is 65.5 Å². The van der Waals surface area contributed by atoms with Crippen LogP contribution in [0, 0.1) is 12.7 Å². The van der Waals surface area contributed by atoms with Crippen LogP contribution < -0.4 is 10.6 Å². The third-order valence-corrected chi connectivity index (χ3v) is 4.01. The molecule has 0 spiro atoms. The van der Waals surface area contributed by atoms with Crippen LogP contribution in [0.5, 0.6) is 0 Å². The maximum atomic E-state index is 13.5. The van der Waals surface area contributed by atoms with Gasteiger partial charge in [-0.25, -0.2) is 4.39 Å². The van der Waals surface area contributed by atoms with Crippen LogP contribution >= 0.6 is 0 Å². The van der Waals surface area contributed by atoms with E-state index in [0.29, 0.717) is 12.5 Å². The molecule has 108 valence electrons. The molecule has 0 saturated carbocycles. The number of rotatable bonds is 2. The number of nitrogens with zero attached hydrogens (tertiary/aromatic N) is 2. The first kappa shape index (κ1) is 13.6. The van der Waals surface area contributed by atoms with Crippen LogP contribution in [0.4, 0.5) is 10.1 Å². The third kappa shape index (κ3) is 2.27. The number of guanidine groups is 1. The number of nitrogens with two attached hydrogens (primary N) is 1. The molecule has 1 aliphatic heterocycles. The van der Waals surface area contributed by atoms with E-state index in [0.717, 1.165) is 11.3 Å². The second-order valence-electron chi connectivity index (χ2n) is 5.63. The van der Waals surface area contributed by atoms with E-state index >= 15 is 0 Å². The number of aryl methyl sites for hydroxylation is 1.